The first-order valence-corrected chi connectivity index (χ1v) is 11.0. The summed E-state index contributed by atoms with van der Waals surface area (Å²) >= 11 is 0. The highest BCUT2D eigenvalue weighted by atomic mass is 32.2. The zero-order valence-electron chi connectivity index (χ0n) is 17.6. The van der Waals surface area contributed by atoms with Gasteiger partial charge >= 0.3 is 5.97 Å². The monoisotopic (exact) mass is 430 g/mol. The molecule has 0 unspecified atom stereocenters. The molecule has 2 aromatic carbocycles. The van der Waals surface area contributed by atoms with Crippen molar-refractivity contribution in [2.45, 2.75) is 38.6 Å². The topological polar surface area (TPSA) is 99.7 Å². The molecule has 0 bridgehead atoms. The van der Waals surface area contributed by atoms with Crippen molar-refractivity contribution >= 4 is 32.6 Å². The number of aromatic amines is 1. The standard InChI is InChI=1S/C22H26N2O5S/c1-13(2)21(22(25)26)24(17-6-7-18-16(12-17)8-9-23-18)30(27,28)20-11-14(3)19(29-5)10-15(20)4/h6-13,21,23H,1-5H3,(H,25,26)/t21-/m1/s1. The van der Waals surface area contributed by atoms with E-state index in [1.54, 1.807) is 58.2 Å². The molecule has 0 aliphatic carbocycles. The van der Waals surface area contributed by atoms with Gasteiger partial charge in [-0.3, -0.25) is 4.31 Å². The summed E-state index contributed by atoms with van der Waals surface area (Å²) in [5, 5.41) is 10.7. The van der Waals surface area contributed by atoms with Crippen LogP contribution < -0.4 is 9.04 Å². The van der Waals surface area contributed by atoms with E-state index in [0.717, 1.165) is 15.2 Å². The Hall–Kier alpha value is -3.00. The van der Waals surface area contributed by atoms with Gasteiger partial charge in [-0.25, -0.2) is 13.2 Å². The number of aliphatic carboxylic acids is 1. The molecule has 30 heavy (non-hydrogen) atoms. The summed E-state index contributed by atoms with van der Waals surface area (Å²) in [5.74, 6) is -1.09. The van der Waals surface area contributed by atoms with Crippen LogP contribution >= 0.6 is 0 Å². The Balaban J connectivity index is 2.28. The lowest BCUT2D eigenvalue weighted by atomic mass is 10.0. The fraction of sp³-hybridized carbons (Fsp3) is 0.318. The molecule has 0 aliphatic heterocycles. The molecule has 0 aliphatic rings. The number of rotatable bonds is 7. The Morgan fingerprint density at radius 2 is 1.80 bits per heavy atom. The van der Waals surface area contributed by atoms with Crippen LogP contribution in [0.15, 0.2) is 47.5 Å². The average Bonchev–Trinajstić information content (AvgIpc) is 3.14. The van der Waals surface area contributed by atoms with E-state index < -0.39 is 28.0 Å². The second-order valence-corrected chi connectivity index (χ2v) is 9.45. The highest BCUT2D eigenvalue weighted by molar-refractivity contribution is 7.93. The van der Waals surface area contributed by atoms with Gasteiger partial charge in [0, 0.05) is 17.1 Å². The molecule has 1 heterocycles. The van der Waals surface area contributed by atoms with E-state index in [-0.39, 0.29) is 4.90 Å². The Bertz CT molecular complexity index is 1200. The number of carboxylic acids is 1. The normalized spacial score (nSPS) is 12.9. The maximum Gasteiger partial charge on any atom is 0.327 e. The van der Waals surface area contributed by atoms with Gasteiger partial charge < -0.3 is 14.8 Å². The number of H-pyrrole nitrogens is 1. The van der Waals surface area contributed by atoms with Crippen LogP contribution in [0, 0.1) is 19.8 Å². The summed E-state index contributed by atoms with van der Waals surface area (Å²) in [4.78, 5) is 15.3. The zero-order valence-corrected chi connectivity index (χ0v) is 18.4. The summed E-state index contributed by atoms with van der Waals surface area (Å²) in [6.07, 6.45) is 1.75. The van der Waals surface area contributed by atoms with Crippen LogP contribution in [0.4, 0.5) is 5.69 Å². The Labute approximate surface area is 176 Å². The molecule has 0 saturated heterocycles. The zero-order chi connectivity index (χ0) is 22.2. The van der Waals surface area contributed by atoms with Crippen LogP contribution in [0.5, 0.6) is 5.75 Å². The lowest BCUT2D eigenvalue weighted by Gasteiger charge is -2.33. The number of aromatic nitrogens is 1. The number of hydrogen-bond donors (Lipinski definition) is 2. The van der Waals surface area contributed by atoms with Crippen molar-refractivity contribution in [1.29, 1.82) is 0 Å². The molecular formula is C22H26N2O5S. The van der Waals surface area contributed by atoms with Gasteiger partial charge in [-0.15, -0.1) is 0 Å². The molecule has 0 spiro atoms. The summed E-state index contributed by atoms with van der Waals surface area (Å²) in [7, 11) is -2.67. The molecule has 0 radical (unpaired) electrons. The molecule has 0 fully saturated rings. The number of ether oxygens (including phenoxy) is 1. The second-order valence-electron chi connectivity index (χ2n) is 7.66. The number of nitrogens with zero attached hydrogens (tertiary/aromatic N) is 1. The Kier molecular flexibility index (Phi) is 5.81. The number of aryl methyl sites for hydroxylation is 2. The van der Waals surface area contributed by atoms with Crippen molar-refractivity contribution in [2.75, 3.05) is 11.4 Å². The highest BCUT2D eigenvalue weighted by Crippen LogP contribution is 2.34. The van der Waals surface area contributed by atoms with Crippen LogP contribution in [-0.4, -0.2) is 37.6 Å². The number of nitrogens with one attached hydrogen (secondary N) is 1. The molecule has 8 heteroatoms. The van der Waals surface area contributed by atoms with E-state index in [1.165, 1.54) is 13.2 Å². The Morgan fingerprint density at radius 1 is 1.10 bits per heavy atom. The van der Waals surface area contributed by atoms with E-state index >= 15 is 0 Å². The fourth-order valence-corrected chi connectivity index (χ4v) is 5.68. The van der Waals surface area contributed by atoms with Crippen molar-refractivity contribution in [3.8, 4) is 5.75 Å². The quantitative estimate of drug-likeness (QED) is 0.588. The molecule has 3 aromatic rings. The maximum absolute atomic E-state index is 13.8. The predicted molar refractivity (Wildman–Crippen MR) is 117 cm³/mol. The summed E-state index contributed by atoms with van der Waals surface area (Å²) in [6, 6.07) is 8.79. The van der Waals surface area contributed by atoms with Gasteiger partial charge in [0.2, 0.25) is 0 Å². The van der Waals surface area contributed by atoms with Gasteiger partial charge in [0.15, 0.2) is 0 Å². The van der Waals surface area contributed by atoms with Crippen LogP contribution in [0.2, 0.25) is 0 Å². The number of hydrogen-bond acceptors (Lipinski definition) is 4. The van der Waals surface area contributed by atoms with Gasteiger partial charge in [-0.2, -0.15) is 0 Å². The van der Waals surface area contributed by atoms with E-state index in [9.17, 15) is 18.3 Å². The largest absolute Gasteiger partial charge is 0.496 e. The maximum atomic E-state index is 13.8. The number of carbonyl (C=O) groups is 1. The van der Waals surface area contributed by atoms with Crippen LogP contribution in [0.25, 0.3) is 10.9 Å². The minimum absolute atomic E-state index is 0.0573. The minimum Gasteiger partial charge on any atom is -0.496 e. The lowest BCUT2D eigenvalue weighted by Crippen LogP contribution is -2.48. The second kappa shape index (κ2) is 8.02. The van der Waals surface area contributed by atoms with Gasteiger partial charge in [0.05, 0.1) is 17.7 Å². The average molecular weight is 431 g/mol. The number of anilines is 1. The summed E-state index contributed by atoms with van der Waals surface area (Å²) in [5.41, 5.74) is 2.28. The minimum atomic E-state index is -4.19. The first-order chi connectivity index (χ1) is 14.1. The SMILES string of the molecule is COc1cc(C)c(S(=O)(=O)N(c2ccc3[nH]ccc3c2)[C@@H](C(=O)O)C(C)C)cc1C. The summed E-state index contributed by atoms with van der Waals surface area (Å²) in [6.45, 7) is 6.82. The van der Waals surface area contributed by atoms with Gasteiger partial charge in [0.25, 0.3) is 10.0 Å². The van der Waals surface area contributed by atoms with Crippen molar-refractivity contribution in [3.63, 3.8) is 0 Å². The molecule has 3 rings (SSSR count). The van der Waals surface area contributed by atoms with Crippen molar-refractivity contribution in [1.82, 2.24) is 4.98 Å². The number of sulfonamides is 1. The molecule has 160 valence electrons. The molecule has 0 saturated carbocycles. The molecule has 7 nitrogen and oxygen atoms in total. The van der Waals surface area contributed by atoms with Gasteiger partial charge in [-0.1, -0.05) is 13.8 Å². The third kappa shape index (κ3) is 3.75. The third-order valence-electron chi connectivity index (χ3n) is 5.16. The van der Waals surface area contributed by atoms with Crippen LogP contribution in [0.3, 0.4) is 0 Å². The van der Waals surface area contributed by atoms with Crippen molar-refractivity contribution in [2.24, 2.45) is 5.92 Å². The first kappa shape index (κ1) is 21.7. The summed E-state index contributed by atoms with van der Waals surface area (Å²) < 4.78 is 34.0. The van der Waals surface area contributed by atoms with E-state index in [2.05, 4.69) is 4.98 Å². The highest BCUT2D eigenvalue weighted by Gasteiger charge is 2.39. The Morgan fingerprint density at radius 3 is 2.40 bits per heavy atom. The van der Waals surface area contributed by atoms with Crippen LogP contribution in [0.1, 0.15) is 25.0 Å². The number of methoxy groups -OCH3 is 1. The van der Waals surface area contributed by atoms with Crippen molar-refractivity contribution < 1.29 is 23.1 Å². The van der Waals surface area contributed by atoms with Gasteiger partial charge in [-0.05, 0) is 67.3 Å². The smallest absolute Gasteiger partial charge is 0.327 e. The molecule has 0 amide bonds. The van der Waals surface area contributed by atoms with E-state index in [0.29, 0.717) is 22.6 Å². The van der Waals surface area contributed by atoms with Gasteiger partial charge in [0.1, 0.15) is 11.8 Å². The lowest BCUT2D eigenvalue weighted by molar-refractivity contribution is -0.139. The van der Waals surface area contributed by atoms with Crippen molar-refractivity contribution in [3.05, 3.63) is 53.7 Å². The number of carboxylic acid groups (broad SMARTS) is 1. The van der Waals surface area contributed by atoms with E-state index in [1.807, 2.05) is 6.07 Å². The fourth-order valence-electron chi connectivity index (χ4n) is 3.65. The van der Waals surface area contributed by atoms with E-state index in [4.69, 9.17) is 4.74 Å². The molecular weight excluding hydrogens is 404 g/mol. The molecule has 1 atom stereocenters. The molecule has 1 aromatic heterocycles. The first-order valence-electron chi connectivity index (χ1n) is 9.57. The number of benzene rings is 2. The van der Waals surface area contributed by atoms with Crippen LogP contribution in [-0.2, 0) is 14.8 Å². The predicted octanol–water partition coefficient (Wildman–Crippen LogP) is 4.10. The third-order valence-corrected chi connectivity index (χ3v) is 7.11. The molecule has 2 N–H and O–H groups in total. The number of fused-ring (bicyclic) bond motifs is 1.